The van der Waals surface area contributed by atoms with Crippen LogP contribution in [0.4, 0.5) is 0 Å². The summed E-state index contributed by atoms with van der Waals surface area (Å²) in [5.41, 5.74) is 14.7. The zero-order valence-corrected chi connectivity index (χ0v) is 23.3. The highest BCUT2D eigenvalue weighted by atomic mass is 14.1. The van der Waals surface area contributed by atoms with Crippen molar-refractivity contribution >= 4 is 0 Å². The van der Waals surface area contributed by atoms with Gasteiger partial charge in [-0.05, 0) is 91.0 Å². The van der Waals surface area contributed by atoms with E-state index in [1.54, 1.807) is 0 Å². The van der Waals surface area contributed by atoms with E-state index in [0.717, 1.165) is 0 Å². The Hall–Kier alpha value is -5.46. The molecule has 0 aliphatic carbocycles. The average molecular weight is 535 g/mol. The SMILES string of the molecule is c1ccc(-c2cccc(-c3cccc(-c4ccc(-c5cccc(-c6cccc(-c7ccccc7)c6)c5)cc4)c3)c2)cc1. The van der Waals surface area contributed by atoms with Gasteiger partial charge >= 0.3 is 0 Å². The van der Waals surface area contributed by atoms with Gasteiger partial charge in [0.05, 0.1) is 0 Å². The van der Waals surface area contributed by atoms with Crippen LogP contribution in [0.25, 0.3) is 66.8 Å². The Labute approximate surface area is 248 Å². The minimum atomic E-state index is 1.21. The molecule has 0 saturated heterocycles. The highest BCUT2D eigenvalue weighted by Gasteiger charge is 2.07. The lowest BCUT2D eigenvalue weighted by Crippen LogP contribution is -1.85. The lowest BCUT2D eigenvalue weighted by atomic mass is 9.94. The first-order chi connectivity index (χ1) is 20.8. The highest BCUT2D eigenvalue weighted by molar-refractivity contribution is 5.80. The third-order valence-electron chi connectivity index (χ3n) is 7.88. The maximum Gasteiger partial charge on any atom is -0.0178 e. The lowest BCUT2D eigenvalue weighted by molar-refractivity contribution is 1.56. The molecule has 42 heavy (non-hydrogen) atoms. The molecule has 0 saturated carbocycles. The Balaban J connectivity index is 1.15. The molecular weight excluding hydrogens is 504 g/mol. The van der Waals surface area contributed by atoms with Crippen molar-refractivity contribution < 1.29 is 0 Å². The molecule has 0 amide bonds. The second-order valence-corrected chi connectivity index (χ2v) is 10.6. The van der Waals surface area contributed by atoms with E-state index in [9.17, 15) is 0 Å². The standard InChI is InChI=1S/C42H30/c1-3-11-31(12-4-1)35-15-7-19-39(27-35)41-21-9-17-37(29-41)33-23-25-34(26-24-33)38-18-10-22-42(30-38)40-20-8-16-36(28-40)32-13-5-2-6-14-32/h1-30H. The lowest BCUT2D eigenvalue weighted by Gasteiger charge is -2.10. The van der Waals surface area contributed by atoms with Gasteiger partial charge in [-0.15, -0.1) is 0 Å². The molecular formula is C42H30. The summed E-state index contributed by atoms with van der Waals surface area (Å²) in [6.45, 7) is 0. The Bertz CT molecular complexity index is 1800. The van der Waals surface area contributed by atoms with Gasteiger partial charge < -0.3 is 0 Å². The van der Waals surface area contributed by atoms with Crippen LogP contribution >= 0.6 is 0 Å². The predicted octanol–water partition coefficient (Wildman–Crippen LogP) is 11.7. The zero-order chi connectivity index (χ0) is 28.1. The van der Waals surface area contributed by atoms with E-state index < -0.39 is 0 Å². The summed E-state index contributed by atoms with van der Waals surface area (Å²) in [6.07, 6.45) is 0. The fraction of sp³-hybridized carbons (Fsp3) is 0. The zero-order valence-electron chi connectivity index (χ0n) is 23.3. The summed E-state index contributed by atoms with van der Waals surface area (Å²) < 4.78 is 0. The fourth-order valence-corrected chi connectivity index (χ4v) is 5.63. The van der Waals surface area contributed by atoms with Crippen LogP contribution in [0.5, 0.6) is 0 Å². The molecule has 0 atom stereocenters. The summed E-state index contributed by atoms with van der Waals surface area (Å²) in [5.74, 6) is 0. The minimum Gasteiger partial charge on any atom is -0.0622 e. The minimum absolute atomic E-state index is 1.21. The van der Waals surface area contributed by atoms with Crippen molar-refractivity contribution in [3.05, 3.63) is 182 Å². The molecule has 7 rings (SSSR count). The molecule has 0 fully saturated rings. The van der Waals surface area contributed by atoms with Crippen molar-refractivity contribution in [2.45, 2.75) is 0 Å². The molecule has 198 valence electrons. The van der Waals surface area contributed by atoms with Gasteiger partial charge in [0.15, 0.2) is 0 Å². The van der Waals surface area contributed by atoms with Gasteiger partial charge in [-0.25, -0.2) is 0 Å². The highest BCUT2D eigenvalue weighted by Crippen LogP contribution is 2.33. The molecule has 0 heterocycles. The van der Waals surface area contributed by atoms with E-state index in [1.807, 2.05) is 0 Å². The van der Waals surface area contributed by atoms with Crippen molar-refractivity contribution in [2.75, 3.05) is 0 Å². The summed E-state index contributed by atoms with van der Waals surface area (Å²) in [5, 5.41) is 0. The van der Waals surface area contributed by atoms with Crippen molar-refractivity contribution in [1.82, 2.24) is 0 Å². The second-order valence-electron chi connectivity index (χ2n) is 10.6. The molecule has 0 unspecified atom stereocenters. The number of hydrogen-bond acceptors (Lipinski definition) is 0. The topological polar surface area (TPSA) is 0 Å². The van der Waals surface area contributed by atoms with Crippen LogP contribution in [0.3, 0.4) is 0 Å². The Morgan fingerprint density at radius 1 is 0.143 bits per heavy atom. The first kappa shape index (κ1) is 25.5. The van der Waals surface area contributed by atoms with Gasteiger partial charge in [0.2, 0.25) is 0 Å². The van der Waals surface area contributed by atoms with Crippen molar-refractivity contribution in [2.24, 2.45) is 0 Å². The summed E-state index contributed by atoms with van der Waals surface area (Å²) in [7, 11) is 0. The maximum absolute atomic E-state index is 2.29. The smallest absolute Gasteiger partial charge is 0.0178 e. The van der Waals surface area contributed by atoms with E-state index in [4.69, 9.17) is 0 Å². The van der Waals surface area contributed by atoms with E-state index >= 15 is 0 Å². The molecule has 0 heteroatoms. The number of rotatable bonds is 6. The Kier molecular flexibility index (Phi) is 7.02. The molecule has 0 spiro atoms. The molecule has 0 aliphatic heterocycles. The monoisotopic (exact) mass is 534 g/mol. The van der Waals surface area contributed by atoms with Gasteiger partial charge in [0.25, 0.3) is 0 Å². The van der Waals surface area contributed by atoms with Crippen LogP contribution in [0.1, 0.15) is 0 Å². The van der Waals surface area contributed by atoms with Crippen LogP contribution in [0.15, 0.2) is 182 Å². The Morgan fingerprint density at radius 2 is 0.333 bits per heavy atom. The third kappa shape index (κ3) is 5.44. The van der Waals surface area contributed by atoms with Crippen LogP contribution < -0.4 is 0 Å². The van der Waals surface area contributed by atoms with Gasteiger partial charge in [-0.2, -0.15) is 0 Å². The van der Waals surface area contributed by atoms with Crippen LogP contribution in [-0.2, 0) is 0 Å². The Morgan fingerprint density at radius 3 is 0.595 bits per heavy atom. The second kappa shape index (κ2) is 11.6. The van der Waals surface area contributed by atoms with E-state index in [0.29, 0.717) is 0 Å². The van der Waals surface area contributed by atoms with Gasteiger partial charge in [0, 0.05) is 0 Å². The van der Waals surface area contributed by atoms with Crippen molar-refractivity contribution in [3.8, 4) is 66.8 Å². The molecule has 0 nitrogen and oxygen atoms in total. The maximum atomic E-state index is 2.29. The fourth-order valence-electron chi connectivity index (χ4n) is 5.63. The quantitative estimate of drug-likeness (QED) is 0.199. The molecule has 0 aliphatic rings. The molecule has 0 radical (unpaired) electrons. The normalized spacial score (nSPS) is 10.9. The summed E-state index contributed by atoms with van der Waals surface area (Å²) in [6, 6.07) is 65.3. The molecule has 0 aromatic heterocycles. The van der Waals surface area contributed by atoms with Crippen LogP contribution in [0, 0.1) is 0 Å². The van der Waals surface area contributed by atoms with Crippen molar-refractivity contribution in [1.29, 1.82) is 0 Å². The van der Waals surface area contributed by atoms with E-state index in [-0.39, 0.29) is 0 Å². The first-order valence-electron chi connectivity index (χ1n) is 14.4. The molecule has 7 aromatic carbocycles. The summed E-state index contributed by atoms with van der Waals surface area (Å²) in [4.78, 5) is 0. The van der Waals surface area contributed by atoms with E-state index in [1.165, 1.54) is 66.8 Å². The van der Waals surface area contributed by atoms with Crippen LogP contribution in [-0.4, -0.2) is 0 Å². The molecule has 7 aromatic rings. The van der Waals surface area contributed by atoms with Crippen molar-refractivity contribution in [3.63, 3.8) is 0 Å². The van der Waals surface area contributed by atoms with Gasteiger partial charge in [0.1, 0.15) is 0 Å². The predicted molar refractivity (Wildman–Crippen MR) is 179 cm³/mol. The largest absolute Gasteiger partial charge is 0.0622 e. The van der Waals surface area contributed by atoms with Gasteiger partial charge in [-0.1, -0.05) is 158 Å². The molecule has 0 N–H and O–H groups in total. The summed E-state index contributed by atoms with van der Waals surface area (Å²) >= 11 is 0. The van der Waals surface area contributed by atoms with Crippen LogP contribution in [0.2, 0.25) is 0 Å². The third-order valence-corrected chi connectivity index (χ3v) is 7.88. The first-order valence-corrected chi connectivity index (χ1v) is 14.4. The molecule has 0 bridgehead atoms. The number of benzene rings is 7. The average Bonchev–Trinajstić information content (AvgIpc) is 3.09. The number of hydrogen-bond donors (Lipinski definition) is 0. The van der Waals surface area contributed by atoms with Gasteiger partial charge in [-0.3, -0.25) is 0 Å². The van der Waals surface area contributed by atoms with E-state index in [2.05, 4.69) is 182 Å².